The summed E-state index contributed by atoms with van der Waals surface area (Å²) < 4.78 is 28.9. The quantitative estimate of drug-likeness (QED) is 0.758. The van der Waals surface area contributed by atoms with Crippen LogP contribution in [-0.2, 0) is 10.2 Å². The van der Waals surface area contributed by atoms with Crippen molar-refractivity contribution in [3.05, 3.63) is 0 Å². The Morgan fingerprint density at radius 2 is 1.89 bits per heavy atom. The zero-order valence-electron chi connectivity index (χ0n) is 11.7. The molecule has 1 saturated heterocycles. The summed E-state index contributed by atoms with van der Waals surface area (Å²) in [7, 11) is -3.35. The first kappa shape index (κ1) is 15.9. The number of piperidine rings is 1. The first-order chi connectivity index (χ1) is 8.36. The topological polar surface area (TPSA) is 75.4 Å². The lowest BCUT2D eigenvalue weighted by atomic mass is 10.0. The number of nitrogens with one attached hydrogen (secondary N) is 1. The Hall–Kier alpha value is -0.170. The van der Waals surface area contributed by atoms with Crippen molar-refractivity contribution in [3.63, 3.8) is 0 Å². The summed E-state index contributed by atoms with van der Waals surface area (Å²) in [6.45, 7) is 7.96. The Morgan fingerprint density at radius 3 is 2.33 bits per heavy atom. The molecule has 1 fully saturated rings. The van der Waals surface area contributed by atoms with Gasteiger partial charge in [-0.1, -0.05) is 20.8 Å². The van der Waals surface area contributed by atoms with Gasteiger partial charge < -0.3 is 5.73 Å². The van der Waals surface area contributed by atoms with E-state index in [1.807, 2.05) is 13.8 Å². The van der Waals surface area contributed by atoms with E-state index in [9.17, 15) is 8.42 Å². The van der Waals surface area contributed by atoms with Crippen molar-refractivity contribution in [2.75, 3.05) is 19.6 Å². The summed E-state index contributed by atoms with van der Waals surface area (Å²) in [5, 5.41) is 0. The molecule has 0 aromatic rings. The fourth-order valence-electron chi connectivity index (χ4n) is 2.20. The Bertz CT molecular complexity index is 335. The van der Waals surface area contributed by atoms with Crippen molar-refractivity contribution in [2.24, 2.45) is 17.6 Å². The van der Waals surface area contributed by atoms with E-state index in [1.165, 1.54) is 0 Å². The zero-order chi connectivity index (χ0) is 13.8. The number of hydrogen-bond donors (Lipinski definition) is 2. The molecule has 0 amide bonds. The number of hydrogen-bond acceptors (Lipinski definition) is 3. The second kappa shape index (κ2) is 6.84. The molecule has 0 radical (unpaired) electrons. The van der Waals surface area contributed by atoms with Crippen LogP contribution in [0.2, 0.25) is 0 Å². The zero-order valence-corrected chi connectivity index (χ0v) is 12.5. The average molecular weight is 277 g/mol. The number of rotatable bonds is 6. The van der Waals surface area contributed by atoms with E-state index in [1.54, 1.807) is 4.31 Å². The summed E-state index contributed by atoms with van der Waals surface area (Å²) >= 11 is 0. The van der Waals surface area contributed by atoms with Crippen LogP contribution in [0.1, 0.15) is 40.0 Å². The first-order valence-corrected chi connectivity index (χ1v) is 8.28. The molecule has 0 aromatic carbocycles. The molecule has 1 atom stereocenters. The van der Waals surface area contributed by atoms with Gasteiger partial charge in [-0.05, 0) is 37.6 Å². The molecule has 3 N–H and O–H groups in total. The van der Waals surface area contributed by atoms with Crippen molar-refractivity contribution in [2.45, 2.75) is 46.1 Å². The van der Waals surface area contributed by atoms with E-state index < -0.39 is 10.2 Å². The lowest BCUT2D eigenvalue weighted by molar-refractivity contribution is 0.280. The third kappa shape index (κ3) is 4.50. The highest BCUT2D eigenvalue weighted by Gasteiger charge is 2.29. The fourth-order valence-corrected chi connectivity index (χ4v) is 3.81. The van der Waals surface area contributed by atoms with Crippen molar-refractivity contribution in [1.82, 2.24) is 9.03 Å². The second-order valence-electron chi connectivity index (χ2n) is 5.63. The Morgan fingerprint density at radius 1 is 1.33 bits per heavy atom. The van der Waals surface area contributed by atoms with Crippen LogP contribution in [0.5, 0.6) is 0 Å². The first-order valence-electron chi connectivity index (χ1n) is 6.84. The predicted octanol–water partition coefficient (Wildman–Crippen LogP) is 0.926. The lowest BCUT2D eigenvalue weighted by Crippen LogP contribution is -2.49. The van der Waals surface area contributed by atoms with Crippen LogP contribution < -0.4 is 10.5 Å². The maximum atomic E-state index is 12.3. The minimum atomic E-state index is -3.35. The molecule has 6 heteroatoms. The Balaban J connectivity index is 2.62. The van der Waals surface area contributed by atoms with Gasteiger partial charge in [0.05, 0.1) is 0 Å². The molecule has 5 nitrogen and oxygen atoms in total. The molecule has 1 heterocycles. The van der Waals surface area contributed by atoms with Gasteiger partial charge in [0.15, 0.2) is 0 Å². The van der Waals surface area contributed by atoms with E-state index in [4.69, 9.17) is 5.73 Å². The smallest absolute Gasteiger partial charge is 0.279 e. The lowest BCUT2D eigenvalue weighted by Gasteiger charge is -2.32. The molecule has 0 bridgehead atoms. The van der Waals surface area contributed by atoms with Crippen LogP contribution in [0, 0.1) is 11.8 Å². The predicted molar refractivity (Wildman–Crippen MR) is 74.3 cm³/mol. The van der Waals surface area contributed by atoms with Crippen molar-refractivity contribution in [3.8, 4) is 0 Å². The highest BCUT2D eigenvalue weighted by molar-refractivity contribution is 7.87. The van der Waals surface area contributed by atoms with Crippen LogP contribution in [0.25, 0.3) is 0 Å². The van der Waals surface area contributed by atoms with Crippen LogP contribution in [0.15, 0.2) is 0 Å². The monoisotopic (exact) mass is 277 g/mol. The molecule has 0 spiro atoms. The SMILES string of the molecule is CC1CCN(S(=O)(=O)NC(CCN)C(C)C)CC1. The molecule has 0 aromatic heterocycles. The molecule has 0 aliphatic carbocycles. The molecular weight excluding hydrogens is 250 g/mol. The standard InChI is InChI=1S/C12H27N3O2S/c1-10(2)12(4-7-13)14-18(16,17)15-8-5-11(3)6-9-15/h10-12,14H,4-9,13H2,1-3H3. The molecule has 18 heavy (non-hydrogen) atoms. The molecule has 1 aliphatic heterocycles. The van der Waals surface area contributed by atoms with Gasteiger partial charge in [0.2, 0.25) is 0 Å². The Kier molecular flexibility index (Phi) is 6.04. The maximum absolute atomic E-state index is 12.3. The molecule has 0 saturated carbocycles. The van der Waals surface area contributed by atoms with Gasteiger partial charge in [-0.25, -0.2) is 0 Å². The van der Waals surface area contributed by atoms with Gasteiger partial charge in [-0.15, -0.1) is 0 Å². The molecule has 1 unspecified atom stereocenters. The van der Waals surface area contributed by atoms with Gasteiger partial charge in [-0.3, -0.25) is 0 Å². The van der Waals surface area contributed by atoms with E-state index >= 15 is 0 Å². The minimum absolute atomic E-state index is 0.0700. The Labute approximate surface area is 111 Å². The van der Waals surface area contributed by atoms with Crippen LogP contribution in [0.3, 0.4) is 0 Å². The van der Waals surface area contributed by atoms with Crippen molar-refractivity contribution < 1.29 is 8.42 Å². The van der Waals surface area contributed by atoms with E-state index in [-0.39, 0.29) is 12.0 Å². The molecule has 1 aliphatic rings. The summed E-state index contributed by atoms with van der Waals surface area (Å²) in [5.74, 6) is 0.883. The normalized spacial score (nSPS) is 21.4. The fraction of sp³-hybridized carbons (Fsp3) is 1.00. The van der Waals surface area contributed by atoms with E-state index in [0.717, 1.165) is 12.8 Å². The van der Waals surface area contributed by atoms with Gasteiger partial charge in [0, 0.05) is 19.1 Å². The van der Waals surface area contributed by atoms with Crippen molar-refractivity contribution in [1.29, 1.82) is 0 Å². The average Bonchev–Trinajstić information content (AvgIpc) is 2.28. The molecule has 1 rings (SSSR count). The maximum Gasteiger partial charge on any atom is 0.279 e. The van der Waals surface area contributed by atoms with Crippen molar-refractivity contribution >= 4 is 10.2 Å². The summed E-state index contributed by atoms with van der Waals surface area (Å²) in [5.41, 5.74) is 5.53. The van der Waals surface area contributed by atoms with E-state index in [0.29, 0.717) is 32.0 Å². The molecule has 108 valence electrons. The highest BCUT2D eigenvalue weighted by atomic mass is 32.2. The molecular formula is C12H27N3O2S. The van der Waals surface area contributed by atoms with Crippen LogP contribution in [-0.4, -0.2) is 38.4 Å². The second-order valence-corrected chi connectivity index (χ2v) is 7.33. The largest absolute Gasteiger partial charge is 0.330 e. The number of nitrogens with zero attached hydrogens (tertiary/aromatic N) is 1. The van der Waals surface area contributed by atoms with Crippen LogP contribution >= 0.6 is 0 Å². The van der Waals surface area contributed by atoms with Gasteiger partial charge in [0.25, 0.3) is 10.2 Å². The summed E-state index contributed by atoms with van der Waals surface area (Å²) in [6, 6.07) is -0.0700. The highest BCUT2D eigenvalue weighted by Crippen LogP contribution is 2.19. The third-order valence-corrected chi connectivity index (χ3v) is 5.31. The summed E-state index contributed by atoms with van der Waals surface area (Å²) in [4.78, 5) is 0. The van der Waals surface area contributed by atoms with Gasteiger partial charge in [0.1, 0.15) is 0 Å². The van der Waals surface area contributed by atoms with Gasteiger partial charge >= 0.3 is 0 Å². The summed E-state index contributed by atoms with van der Waals surface area (Å²) in [6.07, 6.45) is 2.58. The number of nitrogens with two attached hydrogens (primary N) is 1. The van der Waals surface area contributed by atoms with E-state index in [2.05, 4.69) is 11.6 Å². The van der Waals surface area contributed by atoms with Crippen LogP contribution in [0.4, 0.5) is 0 Å². The third-order valence-electron chi connectivity index (χ3n) is 3.67. The minimum Gasteiger partial charge on any atom is -0.330 e. The van der Waals surface area contributed by atoms with Gasteiger partial charge in [-0.2, -0.15) is 17.4 Å².